The second-order valence-electron chi connectivity index (χ2n) is 8.53. The number of aromatic hydroxyl groups is 1. The van der Waals surface area contributed by atoms with E-state index in [0.29, 0.717) is 24.1 Å². The normalized spacial score (nSPS) is 15.3. The minimum Gasteiger partial charge on any atom is -0.508 e. The van der Waals surface area contributed by atoms with Crippen molar-refractivity contribution < 1.29 is 29.3 Å². The van der Waals surface area contributed by atoms with E-state index in [1.807, 2.05) is 37.3 Å². The molecule has 2 N–H and O–H groups in total. The van der Waals surface area contributed by atoms with Gasteiger partial charge < -0.3 is 14.9 Å². The lowest BCUT2D eigenvalue weighted by Gasteiger charge is -2.27. The molecular weight excluding hydrogens is 458 g/mol. The Morgan fingerprint density at radius 1 is 0.944 bits per heavy atom. The first-order valence-electron chi connectivity index (χ1n) is 11.8. The molecule has 1 heterocycles. The van der Waals surface area contributed by atoms with Gasteiger partial charge in [0.15, 0.2) is 11.5 Å². The number of ether oxygens (including phenoxy) is 1. The molecule has 4 rings (SSSR count). The highest BCUT2D eigenvalue weighted by atomic mass is 16.5. The fourth-order valence-corrected chi connectivity index (χ4v) is 4.23. The van der Waals surface area contributed by atoms with Crippen molar-refractivity contribution >= 4 is 23.3 Å². The highest BCUT2D eigenvalue weighted by molar-refractivity contribution is 6.16. The lowest BCUT2D eigenvalue weighted by molar-refractivity contribution is -0.118. The largest absolute Gasteiger partial charge is 0.508 e. The number of ketones is 1. The number of nitrogens with zero attached hydrogens (tertiary/aromatic N) is 1. The second-order valence-corrected chi connectivity index (χ2v) is 8.53. The number of hydrogen-bond acceptors (Lipinski definition) is 6. The van der Waals surface area contributed by atoms with Crippen LogP contribution in [0.5, 0.6) is 5.75 Å². The van der Waals surface area contributed by atoms with Crippen LogP contribution in [0.25, 0.3) is 0 Å². The van der Waals surface area contributed by atoms with E-state index in [1.54, 1.807) is 30.3 Å². The van der Waals surface area contributed by atoms with Gasteiger partial charge in [0.2, 0.25) is 0 Å². The first-order chi connectivity index (χ1) is 17.4. The second kappa shape index (κ2) is 10.9. The van der Waals surface area contributed by atoms with Crippen molar-refractivity contribution in [2.75, 3.05) is 11.5 Å². The van der Waals surface area contributed by atoms with Gasteiger partial charge in [-0.1, -0.05) is 55.5 Å². The molecule has 0 aliphatic carbocycles. The number of amides is 1. The number of Topliss-reactive ketones (excluding diaryl/α,β-unsaturated/α-hetero) is 1. The summed E-state index contributed by atoms with van der Waals surface area (Å²) < 4.78 is 5.22. The summed E-state index contributed by atoms with van der Waals surface area (Å²) in [6, 6.07) is 21.0. The molecule has 0 saturated heterocycles. The Morgan fingerprint density at radius 2 is 1.67 bits per heavy atom. The van der Waals surface area contributed by atoms with Gasteiger partial charge in [-0.05, 0) is 54.3 Å². The lowest BCUT2D eigenvalue weighted by atomic mass is 9.93. The van der Waals surface area contributed by atoms with Crippen LogP contribution in [0.1, 0.15) is 47.3 Å². The van der Waals surface area contributed by atoms with E-state index in [4.69, 9.17) is 4.74 Å². The molecule has 0 spiro atoms. The Kier molecular flexibility index (Phi) is 7.49. The molecule has 0 radical (unpaired) electrons. The average molecular weight is 486 g/mol. The molecule has 7 heteroatoms. The minimum absolute atomic E-state index is 0.0133. The summed E-state index contributed by atoms with van der Waals surface area (Å²) in [5.41, 5.74) is 2.07. The van der Waals surface area contributed by atoms with E-state index in [-0.39, 0.29) is 35.7 Å². The fraction of sp³-hybridized carbons (Fsp3) is 0.207. The third kappa shape index (κ3) is 5.15. The van der Waals surface area contributed by atoms with Crippen LogP contribution in [-0.2, 0) is 20.7 Å². The number of anilines is 1. The number of carbonyl (C=O) groups excluding carboxylic acids is 3. The number of benzene rings is 3. The summed E-state index contributed by atoms with van der Waals surface area (Å²) in [6.45, 7) is 2.16. The zero-order chi connectivity index (χ0) is 25.7. The molecule has 0 aromatic heterocycles. The van der Waals surface area contributed by atoms with Crippen LogP contribution in [0, 0.1) is 0 Å². The number of phenols is 1. The molecule has 0 saturated carbocycles. The monoisotopic (exact) mass is 485 g/mol. The average Bonchev–Trinajstić information content (AvgIpc) is 3.17. The van der Waals surface area contributed by atoms with Crippen LogP contribution in [0.3, 0.4) is 0 Å². The van der Waals surface area contributed by atoms with Gasteiger partial charge in [-0.3, -0.25) is 14.5 Å². The van der Waals surface area contributed by atoms with Gasteiger partial charge in [0.05, 0.1) is 23.8 Å². The molecule has 1 unspecified atom stereocenters. The standard InChI is InChI=1S/C29H27NO6/c1-2-17-36-29(35)21-9-6-10-22(18-21)30-26(20-12-14-23(31)15-13-20)25(27(33)28(30)34)24(32)16-11-19-7-4-3-5-8-19/h3-10,12-15,18,26,31,33H,2,11,16-17H2,1H3. The van der Waals surface area contributed by atoms with Gasteiger partial charge in [0, 0.05) is 12.1 Å². The molecule has 1 aliphatic heterocycles. The fourth-order valence-electron chi connectivity index (χ4n) is 4.23. The van der Waals surface area contributed by atoms with Crippen LogP contribution in [0.4, 0.5) is 5.69 Å². The van der Waals surface area contributed by atoms with Gasteiger partial charge >= 0.3 is 5.97 Å². The molecule has 3 aromatic carbocycles. The van der Waals surface area contributed by atoms with E-state index in [1.165, 1.54) is 23.1 Å². The number of hydrogen-bond donors (Lipinski definition) is 2. The summed E-state index contributed by atoms with van der Waals surface area (Å²) >= 11 is 0. The van der Waals surface area contributed by atoms with Crippen molar-refractivity contribution in [3.8, 4) is 5.75 Å². The van der Waals surface area contributed by atoms with Crippen LogP contribution in [0.15, 0.2) is 90.2 Å². The number of aliphatic hydroxyl groups is 1. The number of aliphatic hydroxyl groups excluding tert-OH is 1. The number of phenolic OH excluding ortho intramolecular Hbond substituents is 1. The molecule has 3 aromatic rings. The van der Waals surface area contributed by atoms with Crippen LogP contribution in [-0.4, -0.2) is 34.5 Å². The number of rotatable bonds is 9. The van der Waals surface area contributed by atoms with E-state index in [2.05, 4.69) is 0 Å². The maximum atomic E-state index is 13.4. The van der Waals surface area contributed by atoms with Crippen molar-refractivity contribution in [2.24, 2.45) is 0 Å². The molecule has 184 valence electrons. The van der Waals surface area contributed by atoms with E-state index < -0.39 is 23.7 Å². The topological polar surface area (TPSA) is 104 Å². The minimum atomic E-state index is -0.928. The Labute approximate surface area is 209 Å². The smallest absolute Gasteiger partial charge is 0.338 e. The highest BCUT2D eigenvalue weighted by Gasteiger charge is 2.44. The SMILES string of the molecule is CCCOC(=O)c1cccc(N2C(=O)C(O)=C(C(=O)CCc3ccccc3)C2c2ccc(O)cc2)c1. The maximum Gasteiger partial charge on any atom is 0.338 e. The van der Waals surface area contributed by atoms with Crippen LogP contribution >= 0.6 is 0 Å². The predicted octanol–water partition coefficient (Wildman–Crippen LogP) is 5.06. The Bertz CT molecular complexity index is 1300. The highest BCUT2D eigenvalue weighted by Crippen LogP contribution is 2.42. The molecular formula is C29H27NO6. The number of esters is 1. The van der Waals surface area contributed by atoms with E-state index >= 15 is 0 Å². The third-order valence-corrected chi connectivity index (χ3v) is 6.00. The Hall–Kier alpha value is -4.39. The quantitative estimate of drug-likeness (QED) is 0.411. The van der Waals surface area contributed by atoms with Crippen molar-refractivity contribution in [3.63, 3.8) is 0 Å². The zero-order valence-corrected chi connectivity index (χ0v) is 19.9. The van der Waals surface area contributed by atoms with Gasteiger partial charge in [0.1, 0.15) is 5.75 Å². The van der Waals surface area contributed by atoms with E-state index in [9.17, 15) is 24.6 Å². The van der Waals surface area contributed by atoms with Crippen LogP contribution < -0.4 is 4.90 Å². The Balaban J connectivity index is 1.71. The van der Waals surface area contributed by atoms with Gasteiger partial charge in [-0.2, -0.15) is 0 Å². The molecule has 0 fully saturated rings. The molecule has 1 atom stereocenters. The summed E-state index contributed by atoms with van der Waals surface area (Å²) in [5, 5.41) is 20.6. The summed E-state index contributed by atoms with van der Waals surface area (Å²) in [4.78, 5) is 40.4. The van der Waals surface area contributed by atoms with Gasteiger partial charge in [0.25, 0.3) is 5.91 Å². The van der Waals surface area contributed by atoms with Crippen molar-refractivity contribution in [1.29, 1.82) is 0 Å². The van der Waals surface area contributed by atoms with E-state index in [0.717, 1.165) is 5.56 Å². The van der Waals surface area contributed by atoms with Crippen molar-refractivity contribution in [2.45, 2.75) is 32.2 Å². The molecule has 1 aliphatic rings. The summed E-state index contributed by atoms with van der Waals surface area (Å²) in [5.74, 6) is -2.22. The first-order valence-corrected chi connectivity index (χ1v) is 11.8. The molecule has 36 heavy (non-hydrogen) atoms. The third-order valence-electron chi connectivity index (χ3n) is 6.00. The molecule has 0 bridgehead atoms. The maximum absolute atomic E-state index is 13.4. The van der Waals surface area contributed by atoms with Crippen molar-refractivity contribution in [3.05, 3.63) is 107 Å². The first kappa shape index (κ1) is 24.7. The summed E-state index contributed by atoms with van der Waals surface area (Å²) in [6.07, 6.45) is 1.22. The van der Waals surface area contributed by atoms with Gasteiger partial charge in [-0.15, -0.1) is 0 Å². The Morgan fingerprint density at radius 3 is 2.36 bits per heavy atom. The van der Waals surface area contributed by atoms with Crippen molar-refractivity contribution in [1.82, 2.24) is 0 Å². The van der Waals surface area contributed by atoms with Gasteiger partial charge in [-0.25, -0.2) is 4.79 Å². The molecule has 1 amide bonds. The number of aryl methyl sites for hydroxylation is 1. The molecule has 7 nitrogen and oxygen atoms in total. The lowest BCUT2D eigenvalue weighted by Crippen LogP contribution is -2.31. The predicted molar refractivity (Wildman–Crippen MR) is 135 cm³/mol. The van der Waals surface area contributed by atoms with Crippen LogP contribution in [0.2, 0.25) is 0 Å². The zero-order valence-electron chi connectivity index (χ0n) is 19.9. The summed E-state index contributed by atoms with van der Waals surface area (Å²) in [7, 11) is 0. The number of carbonyl (C=O) groups is 3.